The Kier molecular flexibility index (Phi) is 7.20. The fraction of sp³-hybridized carbons (Fsp3) is 0.292. The van der Waals surface area contributed by atoms with Crippen molar-refractivity contribution in [3.63, 3.8) is 0 Å². The maximum atomic E-state index is 13.6. The summed E-state index contributed by atoms with van der Waals surface area (Å²) in [4.78, 5) is 27.7. The molecule has 2 heterocycles. The molecule has 1 unspecified atom stereocenters. The number of aromatic nitrogens is 1. The summed E-state index contributed by atoms with van der Waals surface area (Å²) in [7, 11) is -4.25. The average molecular weight is 516 g/mol. The number of rotatable bonds is 7. The second-order valence-corrected chi connectivity index (χ2v) is 10.2. The van der Waals surface area contributed by atoms with Crippen LogP contribution in [0.4, 0.5) is 4.39 Å². The van der Waals surface area contributed by atoms with Crippen molar-refractivity contribution in [2.75, 3.05) is 13.1 Å². The zero-order valence-corrected chi connectivity index (χ0v) is 20.6. The lowest BCUT2D eigenvalue weighted by Crippen LogP contribution is -2.53. The molecule has 4 rings (SSSR count). The number of sulfonamides is 1. The van der Waals surface area contributed by atoms with Gasteiger partial charge < -0.3 is 20.5 Å². The normalized spacial score (nSPS) is 16.3. The van der Waals surface area contributed by atoms with Gasteiger partial charge in [0.2, 0.25) is 0 Å². The SMILES string of the molecule is Cc1noc(C)c1S(=O)(=O)N1CCN(C(=O)c2ccc(F)cc2)C1C(=O)NCc1cccc(CN)c1. The highest BCUT2D eigenvalue weighted by atomic mass is 32.2. The van der Waals surface area contributed by atoms with Crippen molar-refractivity contribution in [3.8, 4) is 0 Å². The Morgan fingerprint density at radius 3 is 2.47 bits per heavy atom. The molecule has 1 saturated heterocycles. The minimum absolute atomic E-state index is 0.0421. The van der Waals surface area contributed by atoms with Crippen LogP contribution in [-0.4, -0.2) is 53.8 Å². The summed E-state index contributed by atoms with van der Waals surface area (Å²) >= 11 is 0. The number of hydrogen-bond acceptors (Lipinski definition) is 7. The lowest BCUT2D eigenvalue weighted by molar-refractivity contribution is -0.127. The van der Waals surface area contributed by atoms with Gasteiger partial charge in [0.15, 0.2) is 11.9 Å². The summed E-state index contributed by atoms with van der Waals surface area (Å²) in [6.45, 7) is 3.21. The zero-order valence-electron chi connectivity index (χ0n) is 19.8. The Hall–Kier alpha value is -3.61. The van der Waals surface area contributed by atoms with Gasteiger partial charge in [-0.25, -0.2) is 12.8 Å². The van der Waals surface area contributed by atoms with Crippen LogP contribution in [0.1, 0.15) is 32.9 Å². The molecule has 0 bridgehead atoms. The molecule has 1 aromatic heterocycles. The average Bonchev–Trinajstić information content (AvgIpc) is 3.46. The molecule has 190 valence electrons. The molecule has 1 aliphatic heterocycles. The Labute approximate surface area is 207 Å². The molecule has 2 amide bonds. The summed E-state index contributed by atoms with van der Waals surface area (Å²) in [6, 6.07) is 12.1. The quantitative estimate of drug-likeness (QED) is 0.488. The first-order valence-electron chi connectivity index (χ1n) is 11.2. The number of amides is 2. The van der Waals surface area contributed by atoms with Crippen LogP contribution >= 0.6 is 0 Å². The third-order valence-corrected chi connectivity index (χ3v) is 8.04. The monoisotopic (exact) mass is 515 g/mol. The van der Waals surface area contributed by atoms with Crippen LogP contribution in [0.5, 0.6) is 0 Å². The first-order valence-corrected chi connectivity index (χ1v) is 12.6. The van der Waals surface area contributed by atoms with Crippen molar-refractivity contribution < 1.29 is 26.9 Å². The molecule has 1 fully saturated rings. The molecular formula is C24H26FN5O5S. The van der Waals surface area contributed by atoms with Gasteiger partial charge in [0, 0.05) is 31.7 Å². The topological polar surface area (TPSA) is 139 Å². The molecule has 1 aliphatic rings. The molecule has 0 aliphatic carbocycles. The van der Waals surface area contributed by atoms with E-state index in [1.54, 1.807) is 12.1 Å². The number of nitrogens with two attached hydrogens (primary N) is 1. The van der Waals surface area contributed by atoms with E-state index >= 15 is 0 Å². The number of aryl methyl sites for hydroxylation is 2. The minimum Gasteiger partial charge on any atom is -0.360 e. The molecule has 1 atom stereocenters. The number of nitrogens with one attached hydrogen (secondary N) is 1. The summed E-state index contributed by atoms with van der Waals surface area (Å²) in [5, 5.41) is 6.45. The van der Waals surface area contributed by atoms with E-state index in [0.29, 0.717) is 6.54 Å². The molecule has 0 radical (unpaired) electrons. The Balaban J connectivity index is 1.67. The lowest BCUT2D eigenvalue weighted by atomic mass is 10.1. The summed E-state index contributed by atoms with van der Waals surface area (Å²) < 4.78 is 46.6. The largest absolute Gasteiger partial charge is 0.360 e. The molecule has 36 heavy (non-hydrogen) atoms. The van der Waals surface area contributed by atoms with Crippen molar-refractivity contribution >= 4 is 21.8 Å². The number of halogens is 1. The second kappa shape index (κ2) is 10.2. The van der Waals surface area contributed by atoms with E-state index in [4.69, 9.17) is 10.3 Å². The van der Waals surface area contributed by atoms with E-state index in [2.05, 4.69) is 10.5 Å². The van der Waals surface area contributed by atoms with Gasteiger partial charge in [-0.1, -0.05) is 29.4 Å². The van der Waals surface area contributed by atoms with E-state index in [1.807, 2.05) is 12.1 Å². The van der Waals surface area contributed by atoms with Gasteiger partial charge in [0.1, 0.15) is 16.4 Å². The molecule has 12 heteroatoms. The van der Waals surface area contributed by atoms with Crippen LogP contribution < -0.4 is 11.1 Å². The van der Waals surface area contributed by atoms with Gasteiger partial charge in [-0.2, -0.15) is 4.31 Å². The molecule has 10 nitrogen and oxygen atoms in total. The van der Waals surface area contributed by atoms with Crippen molar-refractivity contribution in [3.05, 3.63) is 82.5 Å². The van der Waals surface area contributed by atoms with Gasteiger partial charge in [0.25, 0.3) is 21.8 Å². The van der Waals surface area contributed by atoms with E-state index in [-0.39, 0.29) is 41.5 Å². The maximum absolute atomic E-state index is 13.6. The number of hydrogen-bond donors (Lipinski definition) is 2. The standard InChI is InChI=1S/C24H26FN5O5S/c1-15-21(16(2)35-28-15)36(33,34)30-11-10-29(24(32)19-6-8-20(25)9-7-19)23(30)22(31)27-14-18-5-3-4-17(12-18)13-26/h3-9,12,23H,10-11,13-14,26H2,1-2H3,(H,27,31). The third-order valence-electron chi connectivity index (χ3n) is 5.94. The van der Waals surface area contributed by atoms with Crippen LogP contribution in [-0.2, 0) is 27.9 Å². The van der Waals surface area contributed by atoms with E-state index < -0.39 is 33.8 Å². The zero-order chi connectivity index (χ0) is 26.0. The third kappa shape index (κ3) is 4.87. The number of nitrogens with zero attached hydrogens (tertiary/aromatic N) is 3. The molecule has 2 aromatic carbocycles. The predicted octanol–water partition coefficient (Wildman–Crippen LogP) is 1.68. The number of carbonyl (C=O) groups excluding carboxylic acids is 2. The maximum Gasteiger partial charge on any atom is 0.259 e. The van der Waals surface area contributed by atoms with Crippen molar-refractivity contribution in [2.45, 2.75) is 38.0 Å². The van der Waals surface area contributed by atoms with Gasteiger partial charge in [0.05, 0.1) is 0 Å². The lowest BCUT2D eigenvalue weighted by Gasteiger charge is -2.28. The Morgan fingerprint density at radius 2 is 1.83 bits per heavy atom. The van der Waals surface area contributed by atoms with Crippen LogP contribution in [0.15, 0.2) is 57.9 Å². The van der Waals surface area contributed by atoms with Gasteiger partial charge >= 0.3 is 0 Å². The second-order valence-electron chi connectivity index (χ2n) is 8.39. The van der Waals surface area contributed by atoms with Crippen molar-refractivity contribution in [1.82, 2.24) is 19.7 Å². The van der Waals surface area contributed by atoms with Gasteiger partial charge in [-0.05, 0) is 49.2 Å². The van der Waals surface area contributed by atoms with Gasteiger partial charge in [-0.15, -0.1) is 0 Å². The van der Waals surface area contributed by atoms with Crippen LogP contribution in [0.25, 0.3) is 0 Å². The number of carbonyl (C=O) groups is 2. The molecular weight excluding hydrogens is 489 g/mol. The highest BCUT2D eigenvalue weighted by Gasteiger charge is 2.48. The first-order chi connectivity index (χ1) is 17.1. The van der Waals surface area contributed by atoms with E-state index in [0.717, 1.165) is 32.5 Å². The van der Waals surface area contributed by atoms with Crippen LogP contribution in [0.3, 0.4) is 0 Å². The predicted molar refractivity (Wildman–Crippen MR) is 127 cm³/mol. The van der Waals surface area contributed by atoms with Crippen LogP contribution in [0.2, 0.25) is 0 Å². The molecule has 3 aromatic rings. The summed E-state index contributed by atoms with van der Waals surface area (Å²) in [6.07, 6.45) is -1.47. The number of benzene rings is 2. The Morgan fingerprint density at radius 1 is 1.14 bits per heavy atom. The van der Waals surface area contributed by atoms with Crippen molar-refractivity contribution in [1.29, 1.82) is 0 Å². The molecule has 0 saturated carbocycles. The summed E-state index contributed by atoms with van der Waals surface area (Å²) in [5.74, 6) is -1.73. The minimum atomic E-state index is -4.25. The smallest absolute Gasteiger partial charge is 0.259 e. The Bertz CT molecular complexity index is 1370. The first kappa shape index (κ1) is 25.5. The van der Waals surface area contributed by atoms with E-state index in [1.165, 1.54) is 26.0 Å². The van der Waals surface area contributed by atoms with Crippen LogP contribution in [0, 0.1) is 19.7 Å². The summed E-state index contributed by atoms with van der Waals surface area (Å²) in [5.41, 5.74) is 7.60. The van der Waals surface area contributed by atoms with E-state index in [9.17, 15) is 22.4 Å². The highest BCUT2D eigenvalue weighted by molar-refractivity contribution is 7.89. The van der Waals surface area contributed by atoms with Gasteiger partial charge in [-0.3, -0.25) is 9.59 Å². The molecule has 0 spiro atoms. The highest BCUT2D eigenvalue weighted by Crippen LogP contribution is 2.29. The fourth-order valence-electron chi connectivity index (χ4n) is 4.21. The molecule has 3 N–H and O–H groups in total. The fourth-order valence-corrected chi connectivity index (χ4v) is 6.05. The van der Waals surface area contributed by atoms with Crippen molar-refractivity contribution in [2.24, 2.45) is 5.73 Å².